The molecule has 0 atom stereocenters. The lowest BCUT2D eigenvalue weighted by molar-refractivity contribution is -0.384. The van der Waals surface area contributed by atoms with Crippen LogP contribution < -0.4 is 10.1 Å². The number of nitro groups is 1. The van der Waals surface area contributed by atoms with Crippen molar-refractivity contribution in [3.8, 4) is 5.75 Å². The van der Waals surface area contributed by atoms with E-state index in [0.29, 0.717) is 11.3 Å². The molecule has 0 aliphatic rings. The van der Waals surface area contributed by atoms with Crippen molar-refractivity contribution in [2.75, 3.05) is 19.4 Å². The Labute approximate surface area is 148 Å². The third-order valence-corrected chi connectivity index (χ3v) is 3.63. The first-order valence-corrected chi connectivity index (χ1v) is 7.57. The van der Waals surface area contributed by atoms with E-state index in [-0.39, 0.29) is 23.5 Å². The lowest BCUT2D eigenvalue weighted by atomic mass is 10.1. The van der Waals surface area contributed by atoms with Gasteiger partial charge in [0.15, 0.2) is 0 Å². The fourth-order valence-corrected chi connectivity index (χ4v) is 2.37. The minimum Gasteiger partial charge on any atom is -0.435 e. The zero-order chi connectivity index (χ0) is 19.3. The lowest BCUT2D eigenvalue weighted by Crippen LogP contribution is -2.27. The third-order valence-electron chi connectivity index (χ3n) is 3.63. The molecule has 26 heavy (non-hydrogen) atoms. The summed E-state index contributed by atoms with van der Waals surface area (Å²) >= 11 is 0. The van der Waals surface area contributed by atoms with E-state index in [0.717, 1.165) is 0 Å². The molecule has 138 valence electrons. The second kappa shape index (κ2) is 8.24. The zero-order valence-corrected chi connectivity index (χ0v) is 14.1. The minimum atomic E-state index is -2.90. The average Bonchev–Trinajstić information content (AvgIpc) is 2.61. The lowest BCUT2D eigenvalue weighted by Gasteiger charge is -2.19. The molecule has 0 bridgehead atoms. The summed E-state index contributed by atoms with van der Waals surface area (Å²) in [4.78, 5) is 24.4. The van der Waals surface area contributed by atoms with Gasteiger partial charge in [-0.1, -0.05) is 12.1 Å². The number of hydrogen-bond donors (Lipinski definition) is 1. The molecule has 0 saturated heterocycles. The molecule has 2 aromatic carbocycles. The number of nitro benzene ring substituents is 1. The van der Waals surface area contributed by atoms with Crippen LogP contribution in [-0.2, 0) is 6.54 Å². The molecule has 0 aliphatic heterocycles. The Morgan fingerprint density at radius 2 is 1.92 bits per heavy atom. The van der Waals surface area contributed by atoms with Crippen molar-refractivity contribution < 1.29 is 23.2 Å². The summed E-state index contributed by atoms with van der Waals surface area (Å²) in [7, 11) is 3.16. The normalized spacial score (nSPS) is 10.5. The summed E-state index contributed by atoms with van der Waals surface area (Å²) in [5.41, 5.74) is 1.14. The Morgan fingerprint density at radius 1 is 1.27 bits per heavy atom. The zero-order valence-electron chi connectivity index (χ0n) is 14.1. The molecule has 1 amide bonds. The van der Waals surface area contributed by atoms with Gasteiger partial charge < -0.3 is 15.0 Å². The van der Waals surface area contributed by atoms with Gasteiger partial charge in [0.2, 0.25) is 0 Å². The molecule has 0 fully saturated rings. The average molecular weight is 365 g/mol. The van der Waals surface area contributed by atoms with Gasteiger partial charge in [-0.15, -0.1) is 0 Å². The van der Waals surface area contributed by atoms with Crippen LogP contribution in [-0.4, -0.2) is 36.4 Å². The van der Waals surface area contributed by atoms with Crippen LogP contribution in [0.1, 0.15) is 15.9 Å². The summed E-state index contributed by atoms with van der Waals surface area (Å²) < 4.78 is 28.6. The first-order chi connectivity index (χ1) is 12.3. The summed E-state index contributed by atoms with van der Waals surface area (Å²) in [6, 6.07) is 9.88. The van der Waals surface area contributed by atoms with Crippen molar-refractivity contribution in [2.45, 2.75) is 13.2 Å². The highest BCUT2D eigenvalue weighted by Crippen LogP contribution is 2.24. The Bertz CT molecular complexity index is 797. The standard InChI is InChI=1S/C17H17F2N3O4/c1-20-15-8-5-12(22(24)25)9-14(15)16(23)21(2)10-11-3-6-13(7-4-11)26-17(18)19/h3-9,17,20H,10H2,1-2H3. The van der Waals surface area contributed by atoms with Gasteiger partial charge in [-0.3, -0.25) is 14.9 Å². The van der Waals surface area contributed by atoms with Crippen molar-refractivity contribution in [3.63, 3.8) is 0 Å². The van der Waals surface area contributed by atoms with Crippen LogP contribution in [0.5, 0.6) is 5.75 Å². The second-order valence-electron chi connectivity index (χ2n) is 5.42. The Hall–Kier alpha value is -3.23. The van der Waals surface area contributed by atoms with E-state index in [2.05, 4.69) is 10.1 Å². The van der Waals surface area contributed by atoms with Crippen molar-refractivity contribution in [1.82, 2.24) is 4.90 Å². The van der Waals surface area contributed by atoms with Crippen LogP contribution in [0.2, 0.25) is 0 Å². The van der Waals surface area contributed by atoms with E-state index < -0.39 is 17.4 Å². The number of benzene rings is 2. The molecule has 0 heterocycles. The predicted octanol–water partition coefficient (Wildman–Crippen LogP) is 3.51. The molecule has 2 aromatic rings. The summed E-state index contributed by atoms with van der Waals surface area (Å²) in [6.45, 7) is -2.71. The first kappa shape index (κ1) is 19.1. The van der Waals surface area contributed by atoms with Crippen molar-refractivity contribution in [2.24, 2.45) is 0 Å². The van der Waals surface area contributed by atoms with Crippen LogP contribution in [0.3, 0.4) is 0 Å². The van der Waals surface area contributed by atoms with E-state index >= 15 is 0 Å². The number of carbonyl (C=O) groups excluding carboxylic acids is 1. The van der Waals surface area contributed by atoms with E-state index in [9.17, 15) is 23.7 Å². The number of non-ortho nitro benzene ring substituents is 1. The summed E-state index contributed by atoms with van der Waals surface area (Å²) in [6.07, 6.45) is 0. The van der Waals surface area contributed by atoms with Gasteiger partial charge in [-0.2, -0.15) is 8.78 Å². The number of halogens is 2. The monoisotopic (exact) mass is 365 g/mol. The molecule has 7 nitrogen and oxygen atoms in total. The van der Waals surface area contributed by atoms with Gasteiger partial charge in [0, 0.05) is 38.5 Å². The van der Waals surface area contributed by atoms with Crippen LogP contribution in [0, 0.1) is 10.1 Å². The van der Waals surface area contributed by atoms with E-state index in [1.807, 2.05) is 0 Å². The minimum absolute atomic E-state index is 0.0221. The second-order valence-corrected chi connectivity index (χ2v) is 5.42. The number of alkyl halides is 2. The Kier molecular flexibility index (Phi) is 6.05. The SMILES string of the molecule is CNc1ccc([N+](=O)[O-])cc1C(=O)N(C)Cc1ccc(OC(F)F)cc1. The number of carbonyl (C=O) groups is 1. The maximum Gasteiger partial charge on any atom is 0.387 e. The number of nitrogens with zero attached hydrogens (tertiary/aromatic N) is 2. The Morgan fingerprint density at radius 3 is 2.46 bits per heavy atom. The molecular weight excluding hydrogens is 348 g/mol. The summed E-state index contributed by atoms with van der Waals surface area (Å²) in [5, 5.41) is 13.8. The number of anilines is 1. The van der Waals surface area contributed by atoms with Crippen LogP contribution in [0.4, 0.5) is 20.2 Å². The van der Waals surface area contributed by atoms with Crippen molar-refractivity contribution in [3.05, 3.63) is 63.7 Å². The smallest absolute Gasteiger partial charge is 0.387 e. The van der Waals surface area contributed by atoms with Crippen LogP contribution in [0.15, 0.2) is 42.5 Å². The van der Waals surface area contributed by atoms with E-state index in [4.69, 9.17) is 0 Å². The van der Waals surface area contributed by atoms with Crippen LogP contribution in [0.25, 0.3) is 0 Å². The first-order valence-electron chi connectivity index (χ1n) is 7.57. The molecule has 9 heteroatoms. The number of amides is 1. The molecule has 0 unspecified atom stereocenters. The van der Waals surface area contributed by atoms with E-state index in [1.54, 1.807) is 26.2 Å². The topological polar surface area (TPSA) is 84.7 Å². The summed E-state index contributed by atoms with van der Waals surface area (Å²) in [5.74, 6) is -0.389. The maximum absolute atomic E-state index is 12.7. The third kappa shape index (κ3) is 4.65. The largest absolute Gasteiger partial charge is 0.435 e. The highest BCUT2D eigenvalue weighted by molar-refractivity contribution is 6.00. The van der Waals surface area contributed by atoms with Gasteiger partial charge >= 0.3 is 6.61 Å². The van der Waals surface area contributed by atoms with Gasteiger partial charge in [-0.25, -0.2) is 0 Å². The maximum atomic E-state index is 12.7. The van der Waals surface area contributed by atoms with Gasteiger partial charge in [-0.05, 0) is 23.8 Å². The highest BCUT2D eigenvalue weighted by Gasteiger charge is 2.19. The van der Waals surface area contributed by atoms with Gasteiger partial charge in [0.25, 0.3) is 11.6 Å². The predicted molar refractivity (Wildman–Crippen MR) is 91.5 cm³/mol. The fourth-order valence-electron chi connectivity index (χ4n) is 2.37. The molecule has 0 aromatic heterocycles. The molecule has 0 saturated carbocycles. The number of rotatable bonds is 7. The number of nitrogens with one attached hydrogen (secondary N) is 1. The van der Waals surface area contributed by atoms with Crippen molar-refractivity contribution >= 4 is 17.3 Å². The van der Waals surface area contributed by atoms with Crippen LogP contribution >= 0.6 is 0 Å². The fraction of sp³-hybridized carbons (Fsp3) is 0.235. The van der Waals surface area contributed by atoms with Gasteiger partial charge in [0.1, 0.15) is 5.75 Å². The molecular formula is C17H17F2N3O4. The quantitative estimate of drug-likeness (QED) is 0.600. The molecule has 1 N–H and O–H groups in total. The Balaban J connectivity index is 2.16. The molecule has 0 radical (unpaired) electrons. The van der Waals surface area contributed by atoms with E-state index in [1.165, 1.54) is 35.2 Å². The van der Waals surface area contributed by atoms with Crippen molar-refractivity contribution in [1.29, 1.82) is 0 Å². The molecule has 0 aliphatic carbocycles. The number of ether oxygens (including phenoxy) is 1. The molecule has 2 rings (SSSR count). The van der Waals surface area contributed by atoms with Gasteiger partial charge in [0.05, 0.1) is 10.5 Å². The molecule has 0 spiro atoms. The number of hydrogen-bond acceptors (Lipinski definition) is 5. The highest BCUT2D eigenvalue weighted by atomic mass is 19.3.